The van der Waals surface area contributed by atoms with Crippen LogP contribution in [0, 0.1) is 0 Å². The van der Waals surface area contributed by atoms with Crippen LogP contribution in [0.25, 0.3) is 0 Å². The van der Waals surface area contributed by atoms with Crippen molar-refractivity contribution in [3.8, 4) is 0 Å². The molecule has 0 rings (SSSR count). The van der Waals surface area contributed by atoms with Gasteiger partial charge >= 0.3 is 17.9 Å². The average Bonchev–Trinajstić information content (AvgIpc) is 3.47. The van der Waals surface area contributed by atoms with E-state index in [-0.39, 0.29) is 44.0 Å². The van der Waals surface area contributed by atoms with Crippen molar-refractivity contribution in [2.24, 2.45) is 0 Å². The second kappa shape index (κ2) is 67.0. The molecule has 6 nitrogen and oxygen atoms in total. The normalized spacial score (nSPS) is 13.4. The number of carbonyl (C=O) groups excluding carboxylic acids is 3. The molecule has 0 spiro atoms. The van der Waals surface area contributed by atoms with Gasteiger partial charge in [0, 0.05) is 19.3 Å². The Morgan fingerprint density at radius 2 is 0.494 bits per heavy atom. The first-order valence-electron chi connectivity index (χ1n) is 32.3. The van der Waals surface area contributed by atoms with E-state index in [0.717, 1.165) is 167 Å². The molecule has 0 radical (unpaired) electrons. The molecular weight excluding hydrogens is 997 g/mol. The number of allylic oxidation sites excluding steroid dienone is 30. The van der Waals surface area contributed by atoms with Gasteiger partial charge in [0.15, 0.2) is 6.10 Å². The Hall–Kier alpha value is -5.49. The Balaban J connectivity index is 4.54. The van der Waals surface area contributed by atoms with Crippen molar-refractivity contribution < 1.29 is 28.6 Å². The maximum absolute atomic E-state index is 12.9. The van der Waals surface area contributed by atoms with Crippen molar-refractivity contribution in [2.45, 2.75) is 258 Å². The molecule has 0 aromatic heterocycles. The van der Waals surface area contributed by atoms with Crippen LogP contribution in [-0.4, -0.2) is 37.2 Å². The van der Waals surface area contributed by atoms with E-state index >= 15 is 0 Å². The third-order valence-electron chi connectivity index (χ3n) is 12.9. The summed E-state index contributed by atoms with van der Waals surface area (Å²) >= 11 is 0. The zero-order valence-corrected chi connectivity index (χ0v) is 51.7. The number of esters is 3. The number of ether oxygens (including phenoxy) is 3. The summed E-state index contributed by atoms with van der Waals surface area (Å²) in [6.45, 7) is 6.30. The molecule has 6 heteroatoms. The Morgan fingerprint density at radius 1 is 0.259 bits per heavy atom. The van der Waals surface area contributed by atoms with E-state index in [0.29, 0.717) is 12.8 Å². The molecule has 0 aromatic carbocycles. The van der Waals surface area contributed by atoms with Crippen molar-refractivity contribution in [1.82, 2.24) is 0 Å². The summed E-state index contributed by atoms with van der Waals surface area (Å²) in [5.41, 5.74) is 0. The van der Waals surface area contributed by atoms with Gasteiger partial charge in [-0.05, 0) is 154 Å². The van der Waals surface area contributed by atoms with Gasteiger partial charge in [0.25, 0.3) is 0 Å². The fourth-order valence-corrected chi connectivity index (χ4v) is 8.11. The van der Waals surface area contributed by atoms with Crippen molar-refractivity contribution >= 4 is 17.9 Å². The smallest absolute Gasteiger partial charge is 0.306 e. The molecule has 0 fully saturated rings. The van der Waals surface area contributed by atoms with Crippen LogP contribution in [0.3, 0.4) is 0 Å². The highest BCUT2D eigenvalue weighted by Gasteiger charge is 2.19. The van der Waals surface area contributed by atoms with E-state index in [9.17, 15) is 14.4 Å². The van der Waals surface area contributed by atoms with Crippen LogP contribution in [-0.2, 0) is 28.6 Å². The minimum Gasteiger partial charge on any atom is -0.462 e. The number of hydrogen-bond donors (Lipinski definition) is 0. The van der Waals surface area contributed by atoms with Gasteiger partial charge in [-0.1, -0.05) is 261 Å². The number of unbranched alkanes of at least 4 members (excludes halogenated alkanes) is 15. The number of rotatable bonds is 56. The maximum Gasteiger partial charge on any atom is 0.306 e. The summed E-state index contributed by atoms with van der Waals surface area (Å²) in [7, 11) is 0. The van der Waals surface area contributed by atoms with Gasteiger partial charge in [0.05, 0.1) is 0 Å². The first kappa shape index (κ1) is 75.5. The predicted octanol–water partition coefficient (Wildman–Crippen LogP) is 22.4. The summed E-state index contributed by atoms with van der Waals surface area (Å²) in [6, 6.07) is 0. The van der Waals surface area contributed by atoms with Crippen LogP contribution in [0.15, 0.2) is 182 Å². The molecule has 0 aliphatic heterocycles. The van der Waals surface area contributed by atoms with E-state index in [4.69, 9.17) is 14.2 Å². The maximum atomic E-state index is 12.9. The third kappa shape index (κ3) is 65.2. The Bertz CT molecular complexity index is 1900. The largest absolute Gasteiger partial charge is 0.462 e. The average molecular weight is 1110 g/mol. The van der Waals surface area contributed by atoms with Gasteiger partial charge in [0.1, 0.15) is 13.2 Å². The minimum atomic E-state index is -0.829. The third-order valence-corrected chi connectivity index (χ3v) is 12.9. The molecule has 0 amide bonds. The predicted molar refractivity (Wildman–Crippen MR) is 352 cm³/mol. The second-order valence-corrected chi connectivity index (χ2v) is 20.5. The van der Waals surface area contributed by atoms with Crippen LogP contribution >= 0.6 is 0 Å². The lowest BCUT2D eigenvalue weighted by Crippen LogP contribution is -2.30. The van der Waals surface area contributed by atoms with Gasteiger partial charge in [-0.2, -0.15) is 0 Å². The number of carbonyl (C=O) groups is 3. The van der Waals surface area contributed by atoms with E-state index in [2.05, 4.69) is 203 Å². The molecule has 0 heterocycles. The van der Waals surface area contributed by atoms with Crippen LogP contribution in [0.4, 0.5) is 0 Å². The standard InChI is InChI=1S/C75H116O6/c1-4-7-10-13-16-19-22-25-28-31-33-34-35-36-37-38-39-40-42-44-47-50-53-56-59-62-65-68-74(77)80-71-72(70-79-73(76)67-64-61-58-55-52-49-46-43-30-27-24-21-18-15-12-9-6-3)81-75(78)69-66-63-60-57-54-51-48-45-41-32-29-26-23-20-17-14-11-8-5-2/h7,9-10,12,16-21,25-30,33-34,36-37,39-41,44-47,49,55,58,72H,4-6,8,11,13-15,22-24,31-32,35,38,42-43,48,50-54,56-57,59-71H2,1-3H3/b10-7-,12-9-,19-16-,20-17-,21-18-,28-25-,29-26-,30-27-,34-33-,37-36-,40-39-,45-41-,47-44-,49-46-,58-55-. The quantitative estimate of drug-likeness (QED) is 0.0261. The summed E-state index contributed by atoms with van der Waals surface area (Å²) in [6.07, 6.45) is 100. The summed E-state index contributed by atoms with van der Waals surface area (Å²) in [4.78, 5) is 38.3. The fourth-order valence-electron chi connectivity index (χ4n) is 8.11. The Kier molecular flexibility index (Phi) is 62.5. The molecule has 0 aliphatic rings. The van der Waals surface area contributed by atoms with E-state index in [1.54, 1.807) is 0 Å². The monoisotopic (exact) mass is 1110 g/mol. The second-order valence-electron chi connectivity index (χ2n) is 20.5. The molecule has 1 unspecified atom stereocenters. The molecule has 452 valence electrons. The highest BCUT2D eigenvalue weighted by molar-refractivity contribution is 5.71. The van der Waals surface area contributed by atoms with Gasteiger partial charge in [-0.15, -0.1) is 0 Å². The van der Waals surface area contributed by atoms with E-state index in [1.165, 1.54) is 38.5 Å². The molecule has 0 bridgehead atoms. The molecule has 1 atom stereocenters. The fraction of sp³-hybridized carbons (Fsp3) is 0.560. The van der Waals surface area contributed by atoms with Gasteiger partial charge in [-0.3, -0.25) is 14.4 Å². The summed E-state index contributed by atoms with van der Waals surface area (Å²) < 4.78 is 16.9. The van der Waals surface area contributed by atoms with Gasteiger partial charge in [0.2, 0.25) is 0 Å². The molecule has 0 saturated heterocycles. The molecule has 0 aliphatic carbocycles. The highest BCUT2D eigenvalue weighted by Crippen LogP contribution is 2.13. The SMILES string of the molecule is CC/C=C\C/C=C\C/C=C\C/C=C\C/C=C\C/C=C\C/C=C\CCCCCCCC(=O)OCC(COC(=O)CCC/C=C\C/C=C\C/C=C\C/C=C\C/C=C\CC)OC(=O)CCCCCCCC/C=C\C/C=C\C/C=C\CCCCC. The molecule has 81 heavy (non-hydrogen) atoms. The van der Waals surface area contributed by atoms with Crippen LogP contribution in [0.1, 0.15) is 252 Å². The first-order chi connectivity index (χ1) is 40.0. The van der Waals surface area contributed by atoms with Gasteiger partial charge in [-0.25, -0.2) is 0 Å². The zero-order chi connectivity index (χ0) is 58.5. The Morgan fingerprint density at radius 3 is 0.802 bits per heavy atom. The lowest BCUT2D eigenvalue weighted by atomic mass is 10.1. The lowest BCUT2D eigenvalue weighted by Gasteiger charge is -2.18. The lowest BCUT2D eigenvalue weighted by molar-refractivity contribution is -0.167. The van der Waals surface area contributed by atoms with Crippen molar-refractivity contribution in [3.05, 3.63) is 182 Å². The first-order valence-corrected chi connectivity index (χ1v) is 32.3. The summed E-state index contributed by atoms with van der Waals surface area (Å²) in [5, 5.41) is 0. The van der Waals surface area contributed by atoms with Crippen molar-refractivity contribution in [2.75, 3.05) is 13.2 Å². The van der Waals surface area contributed by atoms with Crippen LogP contribution in [0.2, 0.25) is 0 Å². The summed E-state index contributed by atoms with van der Waals surface area (Å²) in [5.74, 6) is -1.02. The highest BCUT2D eigenvalue weighted by atomic mass is 16.6. The van der Waals surface area contributed by atoms with E-state index < -0.39 is 6.10 Å². The van der Waals surface area contributed by atoms with Gasteiger partial charge < -0.3 is 14.2 Å². The zero-order valence-electron chi connectivity index (χ0n) is 51.7. The topological polar surface area (TPSA) is 78.9 Å². The minimum absolute atomic E-state index is 0.121. The van der Waals surface area contributed by atoms with Crippen molar-refractivity contribution in [1.29, 1.82) is 0 Å². The van der Waals surface area contributed by atoms with Crippen molar-refractivity contribution in [3.63, 3.8) is 0 Å². The molecule has 0 aromatic rings. The van der Waals surface area contributed by atoms with Crippen LogP contribution in [0.5, 0.6) is 0 Å². The van der Waals surface area contributed by atoms with E-state index in [1.807, 2.05) is 0 Å². The molecule has 0 saturated carbocycles. The number of hydrogen-bond acceptors (Lipinski definition) is 6. The molecule has 0 N–H and O–H groups in total. The Labute approximate surface area is 497 Å². The van der Waals surface area contributed by atoms with Crippen LogP contribution < -0.4 is 0 Å². The molecular formula is C75H116O6.